The Labute approximate surface area is 120 Å². The molecule has 19 heavy (non-hydrogen) atoms. The molecule has 1 aromatic rings. The molecule has 0 heterocycles. The van der Waals surface area contributed by atoms with E-state index in [9.17, 15) is 4.79 Å². The van der Waals surface area contributed by atoms with Crippen molar-refractivity contribution in [2.45, 2.75) is 56.7 Å². The average Bonchev–Trinajstić information content (AvgIpc) is 2.35. The lowest BCUT2D eigenvalue weighted by Gasteiger charge is -2.17. The number of carbonyl (C=O) groups excluding carboxylic acids is 1. The third-order valence-electron chi connectivity index (χ3n) is 3.07. The van der Waals surface area contributed by atoms with Crippen LogP contribution in [0.25, 0.3) is 0 Å². The number of para-hydroxylation sites is 1. The van der Waals surface area contributed by atoms with Crippen LogP contribution >= 0.6 is 11.8 Å². The van der Waals surface area contributed by atoms with Crippen LogP contribution in [0.4, 0.5) is 5.69 Å². The van der Waals surface area contributed by atoms with Crippen molar-refractivity contribution in [2.75, 3.05) is 5.73 Å². The molecule has 2 unspecified atom stereocenters. The molecule has 0 aliphatic heterocycles. The fourth-order valence-electron chi connectivity index (χ4n) is 1.87. The number of benzene rings is 1. The molecule has 3 N–H and O–H groups in total. The predicted octanol–water partition coefficient (Wildman–Crippen LogP) is 3.36. The van der Waals surface area contributed by atoms with E-state index in [4.69, 9.17) is 5.73 Å². The maximum absolute atomic E-state index is 12.1. The number of carbonyl (C=O) groups is 1. The third-order valence-corrected chi connectivity index (χ3v) is 4.24. The van der Waals surface area contributed by atoms with Gasteiger partial charge < -0.3 is 11.1 Å². The van der Waals surface area contributed by atoms with Crippen LogP contribution < -0.4 is 11.1 Å². The van der Waals surface area contributed by atoms with Gasteiger partial charge in [-0.1, -0.05) is 25.5 Å². The Morgan fingerprint density at radius 1 is 1.42 bits per heavy atom. The number of amides is 1. The van der Waals surface area contributed by atoms with Gasteiger partial charge in [-0.05, 0) is 38.8 Å². The number of thioether (sulfide) groups is 1. The molecule has 0 aliphatic carbocycles. The summed E-state index contributed by atoms with van der Waals surface area (Å²) >= 11 is 1.52. The Morgan fingerprint density at radius 2 is 2.11 bits per heavy atom. The summed E-state index contributed by atoms with van der Waals surface area (Å²) in [6.45, 7) is 8.06. The van der Waals surface area contributed by atoms with E-state index in [2.05, 4.69) is 12.2 Å². The summed E-state index contributed by atoms with van der Waals surface area (Å²) in [6.07, 6.45) is 2.09. The first-order valence-corrected chi connectivity index (χ1v) is 7.65. The minimum atomic E-state index is -0.136. The van der Waals surface area contributed by atoms with E-state index in [1.165, 1.54) is 11.8 Å². The van der Waals surface area contributed by atoms with Gasteiger partial charge in [0.05, 0.1) is 5.25 Å². The first-order valence-electron chi connectivity index (χ1n) is 6.77. The molecule has 1 amide bonds. The van der Waals surface area contributed by atoms with Crippen LogP contribution in [0, 0.1) is 6.92 Å². The van der Waals surface area contributed by atoms with E-state index in [1.54, 1.807) is 0 Å². The Kier molecular flexibility index (Phi) is 6.22. The fraction of sp³-hybridized carbons (Fsp3) is 0.533. The maximum atomic E-state index is 12.1. The van der Waals surface area contributed by atoms with Gasteiger partial charge in [0.25, 0.3) is 0 Å². The second kappa shape index (κ2) is 7.43. The zero-order valence-corrected chi connectivity index (χ0v) is 13.0. The van der Waals surface area contributed by atoms with Gasteiger partial charge in [0.15, 0.2) is 0 Å². The second-order valence-electron chi connectivity index (χ2n) is 4.95. The number of hydrogen-bond acceptors (Lipinski definition) is 3. The van der Waals surface area contributed by atoms with E-state index in [0.29, 0.717) is 0 Å². The summed E-state index contributed by atoms with van der Waals surface area (Å²) in [6, 6.07) is 6.15. The molecule has 3 nitrogen and oxygen atoms in total. The Hall–Kier alpha value is -1.16. The summed E-state index contributed by atoms with van der Waals surface area (Å²) < 4.78 is 0. The Morgan fingerprint density at radius 3 is 2.74 bits per heavy atom. The van der Waals surface area contributed by atoms with Crippen LogP contribution in [-0.4, -0.2) is 17.2 Å². The molecule has 106 valence electrons. The third kappa shape index (κ3) is 4.78. The Balaban J connectivity index is 2.61. The highest BCUT2D eigenvalue weighted by molar-refractivity contribution is 8.00. The van der Waals surface area contributed by atoms with Crippen LogP contribution in [0.5, 0.6) is 0 Å². The lowest BCUT2D eigenvalue weighted by atomic mass is 10.2. The van der Waals surface area contributed by atoms with Crippen molar-refractivity contribution >= 4 is 23.4 Å². The Bertz CT molecular complexity index is 434. The highest BCUT2D eigenvalue weighted by Gasteiger charge is 2.17. The van der Waals surface area contributed by atoms with Crippen molar-refractivity contribution in [3.05, 3.63) is 23.8 Å². The fourth-order valence-corrected chi connectivity index (χ4v) is 2.87. The number of aryl methyl sites for hydroxylation is 1. The SMILES string of the molecule is CCCC(C)NC(=O)C(C)Sc1cccc(C)c1N. The van der Waals surface area contributed by atoms with Gasteiger partial charge in [0.2, 0.25) is 5.91 Å². The van der Waals surface area contributed by atoms with E-state index in [1.807, 2.05) is 39.0 Å². The van der Waals surface area contributed by atoms with Crippen molar-refractivity contribution in [1.82, 2.24) is 5.32 Å². The molecule has 0 saturated heterocycles. The number of nitrogens with two attached hydrogens (primary N) is 1. The van der Waals surface area contributed by atoms with Crippen LogP contribution in [-0.2, 0) is 4.79 Å². The lowest BCUT2D eigenvalue weighted by Crippen LogP contribution is -2.37. The van der Waals surface area contributed by atoms with Gasteiger partial charge in [-0.3, -0.25) is 4.79 Å². The zero-order valence-electron chi connectivity index (χ0n) is 12.2. The molecule has 0 bridgehead atoms. The molecule has 4 heteroatoms. The normalized spacial score (nSPS) is 13.9. The van der Waals surface area contributed by atoms with Crippen molar-refractivity contribution in [3.8, 4) is 0 Å². The van der Waals surface area contributed by atoms with E-state index in [0.717, 1.165) is 29.0 Å². The van der Waals surface area contributed by atoms with Crippen LogP contribution in [0.1, 0.15) is 39.2 Å². The molecular formula is C15H24N2OS. The van der Waals surface area contributed by atoms with E-state index >= 15 is 0 Å². The molecule has 0 radical (unpaired) electrons. The van der Waals surface area contributed by atoms with Gasteiger partial charge in [0.1, 0.15) is 0 Å². The summed E-state index contributed by atoms with van der Waals surface area (Å²) in [7, 11) is 0. The number of hydrogen-bond donors (Lipinski definition) is 2. The molecule has 1 rings (SSSR count). The van der Waals surface area contributed by atoms with Crippen molar-refractivity contribution in [2.24, 2.45) is 0 Å². The van der Waals surface area contributed by atoms with E-state index in [-0.39, 0.29) is 17.2 Å². The quantitative estimate of drug-likeness (QED) is 0.620. The monoisotopic (exact) mass is 280 g/mol. The molecular weight excluding hydrogens is 256 g/mol. The van der Waals surface area contributed by atoms with Crippen molar-refractivity contribution in [1.29, 1.82) is 0 Å². The van der Waals surface area contributed by atoms with Crippen molar-refractivity contribution in [3.63, 3.8) is 0 Å². The van der Waals surface area contributed by atoms with Gasteiger partial charge in [-0.2, -0.15) is 0 Å². The standard InChI is InChI=1S/C15H24N2OS/c1-5-7-11(3)17-15(18)12(4)19-13-9-6-8-10(2)14(13)16/h6,8-9,11-12H,5,7,16H2,1-4H3,(H,17,18). The molecule has 0 spiro atoms. The first-order chi connectivity index (χ1) is 8.95. The van der Waals surface area contributed by atoms with Crippen LogP contribution in [0.2, 0.25) is 0 Å². The highest BCUT2D eigenvalue weighted by Crippen LogP contribution is 2.30. The molecule has 0 aliphatic rings. The molecule has 0 aromatic heterocycles. The smallest absolute Gasteiger partial charge is 0.233 e. The summed E-state index contributed by atoms with van der Waals surface area (Å²) in [5, 5.41) is 2.90. The number of anilines is 1. The van der Waals surface area contributed by atoms with Crippen LogP contribution in [0.3, 0.4) is 0 Å². The molecule has 0 saturated carbocycles. The summed E-state index contributed by atoms with van der Waals surface area (Å²) in [5.74, 6) is 0.0758. The zero-order chi connectivity index (χ0) is 14.4. The average molecular weight is 280 g/mol. The number of rotatable bonds is 6. The lowest BCUT2D eigenvalue weighted by molar-refractivity contribution is -0.120. The second-order valence-corrected chi connectivity index (χ2v) is 6.33. The first kappa shape index (κ1) is 15.9. The highest BCUT2D eigenvalue weighted by atomic mass is 32.2. The van der Waals surface area contributed by atoms with Crippen LogP contribution in [0.15, 0.2) is 23.1 Å². The van der Waals surface area contributed by atoms with E-state index < -0.39 is 0 Å². The van der Waals surface area contributed by atoms with Gasteiger partial charge in [-0.25, -0.2) is 0 Å². The number of nitrogens with one attached hydrogen (secondary N) is 1. The van der Waals surface area contributed by atoms with Gasteiger partial charge in [-0.15, -0.1) is 11.8 Å². The summed E-state index contributed by atoms with van der Waals surface area (Å²) in [4.78, 5) is 13.0. The van der Waals surface area contributed by atoms with Crippen molar-refractivity contribution < 1.29 is 4.79 Å². The predicted molar refractivity (Wildman–Crippen MR) is 83.4 cm³/mol. The number of nitrogen functional groups attached to an aromatic ring is 1. The van der Waals surface area contributed by atoms with Gasteiger partial charge >= 0.3 is 0 Å². The van der Waals surface area contributed by atoms with Gasteiger partial charge in [0, 0.05) is 16.6 Å². The molecule has 2 atom stereocenters. The minimum absolute atomic E-state index is 0.0758. The summed E-state index contributed by atoms with van der Waals surface area (Å²) in [5.41, 5.74) is 7.85. The molecule has 1 aromatic carbocycles. The maximum Gasteiger partial charge on any atom is 0.233 e. The molecule has 0 fully saturated rings. The largest absolute Gasteiger partial charge is 0.398 e. The topological polar surface area (TPSA) is 55.1 Å². The minimum Gasteiger partial charge on any atom is -0.398 e.